The summed E-state index contributed by atoms with van der Waals surface area (Å²) in [7, 11) is 1.45. The number of hydrogen-bond acceptors (Lipinski definition) is 2. The zero-order valence-electron chi connectivity index (χ0n) is 13.8. The van der Waals surface area contributed by atoms with Gasteiger partial charge in [-0.25, -0.2) is 0 Å². The number of rotatable bonds is 4. The summed E-state index contributed by atoms with van der Waals surface area (Å²) in [6.07, 6.45) is -2.78. The molecular weight excluding hydrogens is 367 g/mol. The van der Waals surface area contributed by atoms with E-state index in [-0.39, 0.29) is 12.1 Å². The van der Waals surface area contributed by atoms with Gasteiger partial charge in [0.05, 0.1) is 12.7 Å². The highest BCUT2D eigenvalue weighted by Gasteiger charge is 2.49. The molecule has 3 rings (SSSR count). The summed E-state index contributed by atoms with van der Waals surface area (Å²) < 4.78 is 44.4. The van der Waals surface area contributed by atoms with Gasteiger partial charge in [0, 0.05) is 16.3 Å². The van der Waals surface area contributed by atoms with Crippen LogP contribution in [0.1, 0.15) is 23.1 Å². The molecule has 0 saturated heterocycles. The summed E-state index contributed by atoms with van der Waals surface area (Å²) in [6, 6.07) is 8.06. The average molecular weight is 382 g/mol. The predicted octanol–water partition coefficient (Wildman–Crippen LogP) is 5.18. The molecule has 0 saturated carbocycles. The number of nitrogens with one attached hydrogen (secondary N) is 1. The summed E-state index contributed by atoms with van der Waals surface area (Å²) in [5.41, 5.74) is -1.07. The van der Waals surface area contributed by atoms with Gasteiger partial charge < -0.3 is 10.1 Å². The smallest absolute Gasteiger partial charge is 0.416 e. The molecular formula is C19H15ClF3NO2. The number of amides is 1. The molecule has 2 aromatic rings. The number of alkyl halides is 3. The molecule has 2 aromatic carbocycles. The number of ether oxygens (including phenoxy) is 1. The Morgan fingerprint density at radius 3 is 2.58 bits per heavy atom. The quantitative estimate of drug-likeness (QED) is 0.741. The normalized spacial score (nSPS) is 19.0. The van der Waals surface area contributed by atoms with Crippen molar-refractivity contribution in [3.8, 4) is 5.75 Å². The van der Waals surface area contributed by atoms with Gasteiger partial charge in [0.2, 0.25) is 5.91 Å². The van der Waals surface area contributed by atoms with Crippen molar-refractivity contribution in [1.82, 2.24) is 0 Å². The summed E-state index contributed by atoms with van der Waals surface area (Å²) in [5.74, 6) is -0.0357. The van der Waals surface area contributed by atoms with E-state index in [1.54, 1.807) is 24.3 Å². The maximum Gasteiger partial charge on any atom is 0.416 e. The van der Waals surface area contributed by atoms with Crippen LogP contribution in [0, 0.1) is 0 Å². The second-order valence-corrected chi connectivity index (χ2v) is 6.39. The predicted molar refractivity (Wildman–Crippen MR) is 93.7 cm³/mol. The Balaban J connectivity index is 2.29. The van der Waals surface area contributed by atoms with Crippen LogP contribution in [0.2, 0.25) is 5.02 Å². The zero-order chi connectivity index (χ0) is 19.1. The van der Waals surface area contributed by atoms with Crippen LogP contribution < -0.4 is 10.1 Å². The lowest BCUT2D eigenvalue weighted by Gasteiger charge is -2.29. The topological polar surface area (TPSA) is 38.3 Å². The van der Waals surface area contributed by atoms with Crippen LogP contribution in [0.3, 0.4) is 0 Å². The van der Waals surface area contributed by atoms with E-state index in [4.69, 9.17) is 16.3 Å². The van der Waals surface area contributed by atoms with Gasteiger partial charge in [-0.2, -0.15) is 13.2 Å². The minimum Gasteiger partial charge on any atom is -0.496 e. The second-order valence-electron chi connectivity index (χ2n) is 5.95. The molecule has 3 nitrogen and oxygen atoms in total. The van der Waals surface area contributed by atoms with E-state index < -0.39 is 23.1 Å². The van der Waals surface area contributed by atoms with Gasteiger partial charge in [0.15, 0.2) is 0 Å². The van der Waals surface area contributed by atoms with Crippen molar-refractivity contribution in [2.45, 2.75) is 18.0 Å². The van der Waals surface area contributed by atoms with E-state index in [9.17, 15) is 18.0 Å². The first-order valence-corrected chi connectivity index (χ1v) is 8.10. The largest absolute Gasteiger partial charge is 0.496 e. The Kier molecular flexibility index (Phi) is 4.48. The minimum absolute atomic E-state index is 0.119. The highest BCUT2D eigenvalue weighted by molar-refractivity contribution is 6.30. The number of benzene rings is 2. The van der Waals surface area contributed by atoms with Crippen LogP contribution in [0.15, 0.2) is 49.1 Å². The maximum absolute atomic E-state index is 13.0. The molecule has 0 fully saturated rings. The van der Waals surface area contributed by atoms with E-state index in [0.717, 1.165) is 12.1 Å². The lowest BCUT2D eigenvalue weighted by atomic mass is 9.72. The van der Waals surface area contributed by atoms with Crippen molar-refractivity contribution >= 4 is 23.2 Å². The number of fused-ring (bicyclic) bond motifs is 1. The van der Waals surface area contributed by atoms with E-state index in [1.165, 1.54) is 13.2 Å². The van der Waals surface area contributed by atoms with Gasteiger partial charge in [0.1, 0.15) is 11.2 Å². The molecule has 7 heteroatoms. The molecule has 0 bridgehead atoms. The first kappa shape index (κ1) is 18.3. The van der Waals surface area contributed by atoms with Crippen LogP contribution in [0.5, 0.6) is 5.75 Å². The van der Waals surface area contributed by atoms with Crippen molar-refractivity contribution in [3.63, 3.8) is 0 Å². The Labute approximate surface area is 153 Å². The lowest BCUT2D eigenvalue weighted by molar-refractivity contribution is -0.137. The lowest BCUT2D eigenvalue weighted by Crippen LogP contribution is -2.35. The number of methoxy groups -OCH3 is 1. The molecule has 0 spiro atoms. The number of carbonyl (C=O) groups excluding carboxylic acids is 1. The molecule has 1 N–H and O–H groups in total. The molecule has 1 aliphatic heterocycles. The van der Waals surface area contributed by atoms with E-state index >= 15 is 0 Å². The van der Waals surface area contributed by atoms with E-state index in [0.29, 0.717) is 21.9 Å². The minimum atomic E-state index is -4.50. The van der Waals surface area contributed by atoms with Crippen LogP contribution in [0.4, 0.5) is 18.9 Å². The number of carbonyl (C=O) groups is 1. The van der Waals surface area contributed by atoms with Gasteiger partial charge in [-0.15, -0.1) is 6.58 Å². The van der Waals surface area contributed by atoms with Gasteiger partial charge in [-0.3, -0.25) is 4.79 Å². The third-order valence-corrected chi connectivity index (χ3v) is 4.75. The molecule has 26 heavy (non-hydrogen) atoms. The Bertz CT molecular complexity index is 895. The molecule has 1 aliphatic rings. The van der Waals surface area contributed by atoms with Crippen molar-refractivity contribution in [2.75, 3.05) is 12.4 Å². The molecule has 1 atom stereocenters. The molecule has 0 unspecified atom stereocenters. The second kappa shape index (κ2) is 6.36. The molecule has 1 amide bonds. The zero-order valence-corrected chi connectivity index (χ0v) is 14.5. The van der Waals surface area contributed by atoms with E-state index in [1.807, 2.05) is 0 Å². The molecule has 136 valence electrons. The van der Waals surface area contributed by atoms with Crippen LogP contribution in [-0.4, -0.2) is 13.0 Å². The Morgan fingerprint density at radius 1 is 1.23 bits per heavy atom. The van der Waals surface area contributed by atoms with Crippen LogP contribution >= 0.6 is 11.6 Å². The molecule has 1 heterocycles. The van der Waals surface area contributed by atoms with E-state index in [2.05, 4.69) is 11.9 Å². The van der Waals surface area contributed by atoms with Crippen LogP contribution in [0.25, 0.3) is 0 Å². The van der Waals surface area contributed by atoms with Gasteiger partial charge in [-0.1, -0.05) is 23.7 Å². The summed E-state index contributed by atoms with van der Waals surface area (Å²) in [5, 5.41) is 2.96. The maximum atomic E-state index is 13.0. The highest BCUT2D eigenvalue weighted by Crippen LogP contribution is 2.50. The average Bonchev–Trinajstić information content (AvgIpc) is 2.86. The third-order valence-electron chi connectivity index (χ3n) is 4.51. The standard InChI is InChI=1S/C19H15ClF3NO2/c1-3-8-18(14-10-12(20)5-7-16(14)26-2)13-6-4-11(19(21,22)23)9-15(13)24-17(18)25/h3-7,9-10H,1,8H2,2H3,(H,24,25)/t18-/m0/s1. The van der Waals surface area contributed by atoms with Crippen molar-refractivity contribution in [2.24, 2.45) is 0 Å². The SMILES string of the molecule is C=CC[C@]1(c2cc(Cl)ccc2OC)C(=O)Nc2cc(C(F)(F)F)ccc21. The highest BCUT2D eigenvalue weighted by atomic mass is 35.5. The molecule has 0 radical (unpaired) electrons. The number of halogens is 4. The first-order valence-electron chi connectivity index (χ1n) is 7.72. The van der Waals surface area contributed by atoms with Crippen molar-refractivity contribution < 1.29 is 22.7 Å². The third kappa shape index (κ3) is 2.74. The van der Waals surface area contributed by atoms with Gasteiger partial charge >= 0.3 is 6.18 Å². The fraction of sp³-hybridized carbons (Fsp3) is 0.211. The first-order chi connectivity index (χ1) is 12.2. The number of allylic oxidation sites excluding steroid dienone is 1. The van der Waals surface area contributed by atoms with Crippen LogP contribution in [-0.2, 0) is 16.4 Å². The Morgan fingerprint density at radius 2 is 1.96 bits per heavy atom. The Hall–Kier alpha value is -2.47. The van der Waals surface area contributed by atoms with Gasteiger partial charge in [-0.05, 0) is 42.3 Å². The summed E-state index contributed by atoms with van der Waals surface area (Å²) in [6.45, 7) is 3.70. The molecule has 0 aliphatic carbocycles. The monoisotopic (exact) mass is 381 g/mol. The van der Waals surface area contributed by atoms with Crippen molar-refractivity contribution in [1.29, 1.82) is 0 Å². The fourth-order valence-corrected chi connectivity index (χ4v) is 3.53. The van der Waals surface area contributed by atoms with Crippen molar-refractivity contribution in [3.05, 3.63) is 70.8 Å². The van der Waals surface area contributed by atoms with Gasteiger partial charge in [0.25, 0.3) is 0 Å². The fourth-order valence-electron chi connectivity index (χ4n) is 3.36. The molecule has 0 aromatic heterocycles. The summed E-state index contributed by atoms with van der Waals surface area (Å²) in [4.78, 5) is 12.9. The summed E-state index contributed by atoms with van der Waals surface area (Å²) >= 11 is 6.11. The number of anilines is 1. The number of hydrogen-bond donors (Lipinski definition) is 1.